The van der Waals surface area contributed by atoms with Crippen LogP contribution >= 0.6 is 38.5 Å². The molecule has 0 fully saturated rings. The monoisotopic (exact) mass is 506 g/mol. The first-order valence-corrected chi connectivity index (χ1v) is 9.56. The normalized spacial score (nSPS) is 11.4. The number of nitrogens with zero attached hydrogens (tertiary/aromatic N) is 3. The Morgan fingerprint density at radius 3 is 2.40 bits per heavy atom. The molecule has 4 nitrogen and oxygen atoms in total. The number of benzene rings is 2. The van der Waals surface area contributed by atoms with Gasteiger partial charge in [-0.05, 0) is 66.3 Å². The summed E-state index contributed by atoms with van der Waals surface area (Å²) in [6.07, 6.45) is 0. The molecule has 25 heavy (non-hydrogen) atoms. The van der Waals surface area contributed by atoms with Crippen molar-refractivity contribution in [3.05, 3.63) is 73.9 Å². The van der Waals surface area contributed by atoms with Gasteiger partial charge in [-0.1, -0.05) is 40.2 Å². The largest absolute Gasteiger partial charge is 0.261 e. The average Bonchev–Trinajstić information content (AvgIpc) is 2.60. The molecular formula is C19H16BrIN4. The molecule has 0 aliphatic rings. The standard InChI is InChI=1S/C19H16BrIN4/c1-12-11-18(23-19(22-12)15-3-7-16(20)8-4-15)25-24-13(2)14-5-9-17(21)10-6-14/h3-11H,1-2H3,(H,22,23,25)/b24-13-. The van der Waals surface area contributed by atoms with Crippen molar-refractivity contribution in [3.63, 3.8) is 0 Å². The van der Waals surface area contributed by atoms with Crippen LogP contribution < -0.4 is 5.43 Å². The van der Waals surface area contributed by atoms with E-state index >= 15 is 0 Å². The van der Waals surface area contributed by atoms with Gasteiger partial charge < -0.3 is 0 Å². The lowest BCUT2D eigenvalue weighted by molar-refractivity contribution is 1.09. The Labute approximate surface area is 169 Å². The summed E-state index contributed by atoms with van der Waals surface area (Å²) in [6.45, 7) is 3.92. The smallest absolute Gasteiger partial charge is 0.161 e. The zero-order valence-corrected chi connectivity index (χ0v) is 17.5. The van der Waals surface area contributed by atoms with Crippen molar-refractivity contribution in [2.45, 2.75) is 13.8 Å². The molecule has 0 saturated heterocycles. The molecule has 6 heteroatoms. The molecule has 0 atom stereocenters. The summed E-state index contributed by atoms with van der Waals surface area (Å²) >= 11 is 5.73. The van der Waals surface area contributed by atoms with Crippen molar-refractivity contribution in [3.8, 4) is 11.4 Å². The first-order chi connectivity index (χ1) is 12.0. The maximum Gasteiger partial charge on any atom is 0.161 e. The molecule has 0 aliphatic heterocycles. The first-order valence-electron chi connectivity index (χ1n) is 7.69. The van der Waals surface area contributed by atoms with Gasteiger partial charge in [0, 0.05) is 25.4 Å². The van der Waals surface area contributed by atoms with Crippen LogP contribution in [-0.4, -0.2) is 15.7 Å². The predicted molar refractivity (Wildman–Crippen MR) is 115 cm³/mol. The highest BCUT2D eigenvalue weighted by Gasteiger charge is 2.05. The van der Waals surface area contributed by atoms with Gasteiger partial charge in [0.15, 0.2) is 11.6 Å². The van der Waals surface area contributed by atoms with Crippen LogP contribution in [0, 0.1) is 10.5 Å². The molecule has 0 bridgehead atoms. The van der Waals surface area contributed by atoms with Crippen molar-refractivity contribution in [2.75, 3.05) is 5.43 Å². The summed E-state index contributed by atoms with van der Waals surface area (Å²) in [5.41, 5.74) is 6.87. The van der Waals surface area contributed by atoms with Crippen molar-refractivity contribution in [2.24, 2.45) is 5.10 Å². The van der Waals surface area contributed by atoms with Crippen molar-refractivity contribution >= 4 is 50.1 Å². The van der Waals surface area contributed by atoms with Gasteiger partial charge in [-0.15, -0.1) is 0 Å². The Morgan fingerprint density at radius 1 is 1.04 bits per heavy atom. The lowest BCUT2D eigenvalue weighted by Gasteiger charge is -2.07. The Balaban J connectivity index is 1.84. The zero-order chi connectivity index (χ0) is 17.8. The molecule has 0 radical (unpaired) electrons. The number of hydrogen-bond donors (Lipinski definition) is 1. The zero-order valence-electron chi connectivity index (χ0n) is 13.8. The molecule has 3 aromatic rings. The number of rotatable bonds is 4. The number of hydrogen-bond acceptors (Lipinski definition) is 4. The van der Waals surface area contributed by atoms with Crippen LogP contribution in [-0.2, 0) is 0 Å². The molecule has 3 rings (SSSR count). The van der Waals surface area contributed by atoms with Crippen molar-refractivity contribution in [1.29, 1.82) is 0 Å². The van der Waals surface area contributed by atoms with Gasteiger partial charge in [-0.25, -0.2) is 9.97 Å². The van der Waals surface area contributed by atoms with Gasteiger partial charge in [0.25, 0.3) is 0 Å². The maximum absolute atomic E-state index is 4.57. The third-order valence-electron chi connectivity index (χ3n) is 3.56. The summed E-state index contributed by atoms with van der Waals surface area (Å²) in [7, 11) is 0. The Morgan fingerprint density at radius 2 is 1.72 bits per heavy atom. The van der Waals surface area contributed by atoms with E-state index in [9.17, 15) is 0 Å². The molecule has 0 spiro atoms. The highest BCUT2D eigenvalue weighted by molar-refractivity contribution is 14.1. The van der Waals surface area contributed by atoms with E-state index in [2.05, 4.69) is 83.3 Å². The summed E-state index contributed by atoms with van der Waals surface area (Å²) in [4.78, 5) is 9.08. The quantitative estimate of drug-likeness (QED) is 0.282. The van der Waals surface area contributed by atoms with E-state index in [1.54, 1.807) is 0 Å². The fraction of sp³-hybridized carbons (Fsp3) is 0.105. The molecule has 0 saturated carbocycles. The average molecular weight is 507 g/mol. The van der Waals surface area contributed by atoms with Gasteiger partial charge in [0.05, 0.1) is 5.71 Å². The second kappa shape index (κ2) is 8.05. The van der Waals surface area contributed by atoms with Crippen LogP contribution in [0.3, 0.4) is 0 Å². The van der Waals surface area contributed by atoms with Crippen molar-refractivity contribution < 1.29 is 0 Å². The predicted octanol–water partition coefficient (Wildman–Crippen LogP) is 5.66. The SMILES string of the molecule is C/C(=N/Nc1cc(C)nc(-c2ccc(Br)cc2)n1)c1ccc(I)cc1. The third-order valence-corrected chi connectivity index (χ3v) is 4.80. The summed E-state index contributed by atoms with van der Waals surface area (Å²) in [5.74, 6) is 1.35. The van der Waals surface area contributed by atoms with Crippen LogP contribution in [0.5, 0.6) is 0 Å². The Bertz CT molecular complexity index is 906. The fourth-order valence-electron chi connectivity index (χ4n) is 2.25. The minimum Gasteiger partial charge on any atom is -0.261 e. The van der Waals surface area contributed by atoms with E-state index in [0.29, 0.717) is 11.6 Å². The highest BCUT2D eigenvalue weighted by atomic mass is 127. The second-order valence-electron chi connectivity index (χ2n) is 5.54. The Hall–Kier alpha value is -1.80. The topological polar surface area (TPSA) is 50.2 Å². The van der Waals surface area contributed by atoms with E-state index in [0.717, 1.165) is 27.0 Å². The van der Waals surface area contributed by atoms with E-state index in [4.69, 9.17) is 0 Å². The number of halogens is 2. The van der Waals surface area contributed by atoms with E-state index in [1.807, 2.05) is 44.2 Å². The second-order valence-corrected chi connectivity index (χ2v) is 7.70. The number of hydrazone groups is 1. The number of nitrogens with one attached hydrogen (secondary N) is 1. The minimum absolute atomic E-state index is 0.676. The Kier molecular flexibility index (Phi) is 5.80. The molecule has 1 aromatic heterocycles. The van der Waals surface area contributed by atoms with Gasteiger partial charge in [-0.3, -0.25) is 5.43 Å². The molecular weight excluding hydrogens is 491 g/mol. The molecule has 0 aliphatic carbocycles. The van der Waals surface area contributed by atoms with Gasteiger partial charge in [-0.2, -0.15) is 5.10 Å². The number of aryl methyl sites for hydroxylation is 1. The first kappa shape index (κ1) is 18.0. The maximum atomic E-state index is 4.57. The lowest BCUT2D eigenvalue weighted by Crippen LogP contribution is -2.03. The fourth-order valence-corrected chi connectivity index (χ4v) is 2.87. The number of aromatic nitrogens is 2. The highest BCUT2D eigenvalue weighted by Crippen LogP contribution is 2.20. The van der Waals surface area contributed by atoms with E-state index < -0.39 is 0 Å². The summed E-state index contributed by atoms with van der Waals surface area (Å²) in [6, 6.07) is 18.1. The number of anilines is 1. The van der Waals surface area contributed by atoms with E-state index in [1.165, 1.54) is 3.57 Å². The van der Waals surface area contributed by atoms with Gasteiger partial charge in [0.1, 0.15) is 0 Å². The molecule has 2 aromatic carbocycles. The molecule has 0 unspecified atom stereocenters. The van der Waals surface area contributed by atoms with Crippen LogP contribution in [0.4, 0.5) is 5.82 Å². The lowest BCUT2D eigenvalue weighted by atomic mass is 10.1. The molecule has 1 heterocycles. The third kappa shape index (κ3) is 4.85. The van der Waals surface area contributed by atoms with Gasteiger partial charge >= 0.3 is 0 Å². The van der Waals surface area contributed by atoms with Crippen molar-refractivity contribution in [1.82, 2.24) is 9.97 Å². The van der Waals surface area contributed by atoms with Crippen LogP contribution in [0.25, 0.3) is 11.4 Å². The summed E-state index contributed by atoms with van der Waals surface area (Å²) < 4.78 is 2.23. The summed E-state index contributed by atoms with van der Waals surface area (Å²) in [5, 5.41) is 4.45. The molecule has 0 amide bonds. The van der Waals surface area contributed by atoms with E-state index in [-0.39, 0.29) is 0 Å². The molecule has 1 N–H and O–H groups in total. The van der Waals surface area contributed by atoms with Gasteiger partial charge in [0.2, 0.25) is 0 Å². The van der Waals surface area contributed by atoms with Crippen LogP contribution in [0.2, 0.25) is 0 Å². The molecule has 126 valence electrons. The van der Waals surface area contributed by atoms with Crippen LogP contribution in [0.15, 0.2) is 64.2 Å². The van der Waals surface area contributed by atoms with Crippen LogP contribution in [0.1, 0.15) is 18.2 Å². The minimum atomic E-state index is 0.676.